The molecule has 1 unspecified atom stereocenters. The van der Waals surface area contributed by atoms with Crippen molar-refractivity contribution in [3.63, 3.8) is 0 Å². The molecule has 1 atom stereocenters. The Bertz CT molecular complexity index is 387. The van der Waals surface area contributed by atoms with Gasteiger partial charge in [0.05, 0.1) is 0 Å². The van der Waals surface area contributed by atoms with Gasteiger partial charge in [0, 0.05) is 25.9 Å². The van der Waals surface area contributed by atoms with Crippen LogP contribution < -0.4 is 5.32 Å². The molecule has 0 spiro atoms. The number of carboxylic acids is 1. The Balaban J connectivity index is 2.33. The first kappa shape index (κ1) is 16.5. The zero-order valence-corrected chi connectivity index (χ0v) is 12.4. The largest absolute Gasteiger partial charge is 0.481 e. The second kappa shape index (κ2) is 6.72. The van der Waals surface area contributed by atoms with E-state index in [0.29, 0.717) is 19.0 Å². The first-order valence-corrected chi connectivity index (χ1v) is 7.00. The number of hydrogen-bond acceptors (Lipinski definition) is 3. The summed E-state index contributed by atoms with van der Waals surface area (Å²) in [6.07, 6.45) is 1.20. The van der Waals surface area contributed by atoms with E-state index in [0.717, 1.165) is 6.42 Å². The van der Waals surface area contributed by atoms with Crippen LogP contribution in [-0.4, -0.2) is 41.0 Å². The zero-order chi connectivity index (χ0) is 15.3. The Morgan fingerprint density at radius 3 is 2.40 bits per heavy atom. The van der Waals surface area contributed by atoms with Crippen LogP contribution in [0.2, 0.25) is 0 Å². The minimum Gasteiger partial charge on any atom is -0.481 e. The number of imide groups is 1. The lowest BCUT2D eigenvalue weighted by atomic mass is 9.80. The highest BCUT2D eigenvalue weighted by atomic mass is 16.4. The van der Waals surface area contributed by atoms with Gasteiger partial charge in [0.25, 0.3) is 0 Å². The number of hydrogen-bond donors (Lipinski definition) is 2. The van der Waals surface area contributed by atoms with Crippen molar-refractivity contribution in [2.24, 2.45) is 11.3 Å². The molecule has 1 heterocycles. The molecule has 3 amide bonds. The maximum absolute atomic E-state index is 11.9. The van der Waals surface area contributed by atoms with Gasteiger partial charge in [-0.15, -0.1) is 0 Å². The van der Waals surface area contributed by atoms with Crippen LogP contribution in [0.4, 0.5) is 4.79 Å². The summed E-state index contributed by atoms with van der Waals surface area (Å²) in [4.78, 5) is 35.4. The molecule has 0 bridgehead atoms. The van der Waals surface area contributed by atoms with Crippen LogP contribution in [0.5, 0.6) is 0 Å². The molecule has 0 aliphatic carbocycles. The maximum atomic E-state index is 11.9. The fourth-order valence-corrected chi connectivity index (χ4v) is 2.31. The number of amides is 3. The van der Waals surface area contributed by atoms with Crippen LogP contribution in [0.15, 0.2) is 0 Å². The average Bonchev–Trinajstić information content (AvgIpc) is 2.76. The van der Waals surface area contributed by atoms with E-state index in [1.807, 2.05) is 0 Å². The Morgan fingerprint density at radius 1 is 1.25 bits per heavy atom. The van der Waals surface area contributed by atoms with Gasteiger partial charge in [-0.1, -0.05) is 20.8 Å². The van der Waals surface area contributed by atoms with Gasteiger partial charge in [-0.3, -0.25) is 14.9 Å². The molecular formula is C14H24N2O4. The molecule has 6 heteroatoms. The summed E-state index contributed by atoms with van der Waals surface area (Å²) < 4.78 is 0. The molecule has 20 heavy (non-hydrogen) atoms. The van der Waals surface area contributed by atoms with Gasteiger partial charge < -0.3 is 10.0 Å². The SMILES string of the molecule is CC(C)(C)C1CCN(C(=O)NC(=O)CCCC(=O)O)C1. The standard InChI is InChI=1S/C14H24N2O4/c1-14(2,3)10-7-8-16(9-10)13(20)15-11(17)5-4-6-12(18)19/h10H,4-9H2,1-3H3,(H,18,19)(H,15,17,20). The molecule has 6 nitrogen and oxygen atoms in total. The van der Waals surface area contributed by atoms with E-state index in [2.05, 4.69) is 26.1 Å². The second-order valence-electron chi connectivity index (χ2n) is 6.40. The van der Waals surface area contributed by atoms with Crippen molar-refractivity contribution in [3.05, 3.63) is 0 Å². The molecule has 0 radical (unpaired) electrons. The van der Waals surface area contributed by atoms with Gasteiger partial charge in [-0.2, -0.15) is 0 Å². The molecule has 0 aromatic carbocycles. The number of nitrogens with one attached hydrogen (secondary N) is 1. The van der Waals surface area contributed by atoms with Crippen molar-refractivity contribution in [1.82, 2.24) is 10.2 Å². The van der Waals surface area contributed by atoms with E-state index >= 15 is 0 Å². The van der Waals surface area contributed by atoms with Gasteiger partial charge >= 0.3 is 12.0 Å². The molecule has 0 saturated carbocycles. The van der Waals surface area contributed by atoms with Crippen molar-refractivity contribution < 1.29 is 19.5 Å². The first-order valence-electron chi connectivity index (χ1n) is 7.00. The summed E-state index contributed by atoms with van der Waals surface area (Å²) in [5, 5.41) is 10.8. The smallest absolute Gasteiger partial charge is 0.324 e. The summed E-state index contributed by atoms with van der Waals surface area (Å²) in [5.41, 5.74) is 0.153. The maximum Gasteiger partial charge on any atom is 0.324 e. The topological polar surface area (TPSA) is 86.7 Å². The Hall–Kier alpha value is -1.59. The Labute approximate surface area is 119 Å². The van der Waals surface area contributed by atoms with Gasteiger partial charge in [-0.05, 0) is 24.2 Å². The lowest BCUT2D eigenvalue weighted by molar-refractivity contribution is -0.137. The highest BCUT2D eigenvalue weighted by Crippen LogP contribution is 2.33. The molecule has 0 aromatic heterocycles. The van der Waals surface area contributed by atoms with Crippen molar-refractivity contribution in [2.45, 2.75) is 46.5 Å². The molecule has 0 aromatic rings. The summed E-state index contributed by atoms with van der Waals surface area (Å²) in [5.74, 6) is -0.900. The third-order valence-electron chi connectivity index (χ3n) is 3.74. The number of urea groups is 1. The van der Waals surface area contributed by atoms with Gasteiger partial charge in [-0.25, -0.2) is 4.79 Å². The molecule has 1 aliphatic rings. The Kier molecular flexibility index (Phi) is 5.53. The number of carbonyl (C=O) groups excluding carboxylic acids is 2. The number of rotatable bonds is 4. The van der Waals surface area contributed by atoms with E-state index in [9.17, 15) is 14.4 Å². The predicted octanol–water partition coefficient (Wildman–Crippen LogP) is 1.85. The van der Waals surface area contributed by atoms with Crippen LogP contribution in [0.25, 0.3) is 0 Å². The van der Waals surface area contributed by atoms with Crippen LogP contribution in [0.3, 0.4) is 0 Å². The van der Waals surface area contributed by atoms with E-state index in [1.54, 1.807) is 4.90 Å². The lowest BCUT2D eigenvalue weighted by Crippen LogP contribution is -2.42. The first-order chi connectivity index (χ1) is 9.20. The third-order valence-corrected chi connectivity index (χ3v) is 3.74. The van der Waals surface area contributed by atoms with E-state index in [1.165, 1.54) is 0 Å². The van der Waals surface area contributed by atoms with E-state index in [-0.39, 0.29) is 30.7 Å². The molecule has 1 saturated heterocycles. The molecular weight excluding hydrogens is 260 g/mol. The van der Waals surface area contributed by atoms with Crippen molar-refractivity contribution in [2.75, 3.05) is 13.1 Å². The predicted molar refractivity (Wildman–Crippen MR) is 74.2 cm³/mol. The van der Waals surface area contributed by atoms with Gasteiger partial charge in [0.2, 0.25) is 5.91 Å². The van der Waals surface area contributed by atoms with Gasteiger partial charge in [0.15, 0.2) is 0 Å². The molecule has 1 rings (SSSR count). The fraction of sp³-hybridized carbons (Fsp3) is 0.786. The zero-order valence-electron chi connectivity index (χ0n) is 12.4. The highest BCUT2D eigenvalue weighted by Gasteiger charge is 2.34. The van der Waals surface area contributed by atoms with Crippen LogP contribution in [0, 0.1) is 11.3 Å². The molecule has 1 fully saturated rings. The minimum absolute atomic E-state index is 0.0581. The summed E-state index contributed by atoms with van der Waals surface area (Å²) in [7, 11) is 0. The minimum atomic E-state index is -0.934. The molecule has 1 aliphatic heterocycles. The molecule has 2 N–H and O–H groups in total. The van der Waals surface area contributed by atoms with E-state index < -0.39 is 11.9 Å². The van der Waals surface area contributed by atoms with Crippen LogP contribution in [-0.2, 0) is 9.59 Å². The van der Waals surface area contributed by atoms with E-state index in [4.69, 9.17) is 5.11 Å². The molecule has 114 valence electrons. The lowest BCUT2D eigenvalue weighted by Gasteiger charge is -2.26. The fourth-order valence-electron chi connectivity index (χ4n) is 2.31. The number of carboxylic acid groups (broad SMARTS) is 1. The average molecular weight is 284 g/mol. The quantitative estimate of drug-likeness (QED) is 0.824. The highest BCUT2D eigenvalue weighted by molar-refractivity contribution is 5.94. The van der Waals surface area contributed by atoms with Crippen molar-refractivity contribution >= 4 is 17.9 Å². The number of likely N-dealkylation sites (tertiary alicyclic amines) is 1. The summed E-state index contributed by atoms with van der Waals surface area (Å²) >= 11 is 0. The number of aliphatic carboxylic acids is 1. The van der Waals surface area contributed by atoms with Crippen LogP contribution in [0.1, 0.15) is 46.5 Å². The van der Waals surface area contributed by atoms with Crippen molar-refractivity contribution in [3.8, 4) is 0 Å². The summed E-state index contributed by atoms with van der Waals surface area (Å²) in [6, 6.07) is -0.364. The second-order valence-corrected chi connectivity index (χ2v) is 6.40. The van der Waals surface area contributed by atoms with Crippen LogP contribution >= 0.6 is 0 Å². The van der Waals surface area contributed by atoms with Crippen molar-refractivity contribution in [1.29, 1.82) is 0 Å². The monoisotopic (exact) mass is 284 g/mol. The van der Waals surface area contributed by atoms with Gasteiger partial charge in [0.1, 0.15) is 0 Å². The Morgan fingerprint density at radius 2 is 1.90 bits per heavy atom. The number of carbonyl (C=O) groups is 3. The third kappa shape index (κ3) is 5.19. The normalized spacial score (nSPS) is 18.9. The summed E-state index contributed by atoms with van der Waals surface area (Å²) in [6.45, 7) is 7.77. The number of nitrogens with zero attached hydrogens (tertiary/aromatic N) is 1.